The number of nitrogens with zero attached hydrogens (tertiary/aromatic N) is 2. The highest BCUT2D eigenvalue weighted by atomic mass is 16.3. The van der Waals surface area contributed by atoms with E-state index in [-0.39, 0.29) is 6.61 Å². The van der Waals surface area contributed by atoms with Gasteiger partial charge in [0, 0.05) is 19.4 Å². The van der Waals surface area contributed by atoms with E-state index >= 15 is 0 Å². The van der Waals surface area contributed by atoms with Crippen molar-refractivity contribution >= 4 is 5.82 Å². The van der Waals surface area contributed by atoms with Gasteiger partial charge in [-0.05, 0) is 0 Å². The van der Waals surface area contributed by atoms with Crippen molar-refractivity contribution in [3.63, 3.8) is 0 Å². The minimum Gasteiger partial charge on any atom is -0.390 e. The third kappa shape index (κ3) is 1.22. The van der Waals surface area contributed by atoms with Gasteiger partial charge in [0.25, 0.3) is 0 Å². The molecule has 1 rings (SSSR count). The number of hydrogen-bond acceptors (Lipinski definition) is 4. The van der Waals surface area contributed by atoms with Gasteiger partial charge in [0.1, 0.15) is 11.5 Å². The van der Waals surface area contributed by atoms with Crippen LogP contribution < -0.4 is 5.32 Å². The molecule has 1 aromatic rings. The Morgan fingerprint density at radius 1 is 1.50 bits per heavy atom. The van der Waals surface area contributed by atoms with E-state index in [2.05, 4.69) is 15.3 Å². The number of nitrogens with one attached hydrogen (secondary N) is 1. The van der Waals surface area contributed by atoms with Crippen LogP contribution in [-0.2, 0) is 6.61 Å². The Balaban J connectivity index is 2.96. The fraction of sp³-hybridized carbons (Fsp3) is 0.333. The van der Waals surface area contributed by atoms with Crippen molar-refractivity contribution in [2.24, 2.45) is 0 Å². The van der Waals surface area contributed by atoms with Gasteiger partial charge >= 0.3 is 0 Å². The summed E-state index contributed by atoms with van der Waals surface area (Å²) in [5, 5.41) is 11.5. The zero-order valence-electron chi connectivity index (χ0n) is 5.70. The molecule has 0 aromatic carbocycles. The van der Waals surface area contributed by atoms with Crippen molar-refractivity contribution in [1.82, 2.24) is 9.97 Å². The van der Waals surface area contributed by atoms with Crippen molar-refractivity contribution in [3.05, 3.63) is 18.1 Å². The average molecular weight is 139 g/mol. The molecule has 54 valence electrons. The van der Waals surface area contributed by atoms with Gasteiger partial charge in [-0.3, -0.25) is 4.98 Å². The summed E-state index contributed by atoms with van der Waals surface area (Å²) in [6.45, 7) is -0.0794. The first-order valence-corrected chi connectivity index (χ1v) is 2.97. The average Bonchev–Trinajstić information content (AvgIpc) is 2.04. The Morgan fingerprint density at radius 2 is 2.20 bits per heavy atom. The van der Waals surface area contributed by atoms with Gasteiger partial charge in [-0.15, -0.1) is 0 Å². The normalized spacial score (nSPS) is 9.40. The second-order valence-electron chi connectivity index (χ2n) is 1.76. The molecule has 0 bridgehead atoms. The van der Waals surface area contributed by atoms with Gasteiger partial charge in [0.2, 0.25) is 0 Å². The van der Waals surface area contributed by atoms with Crippen molar-refractivity contribution in [1.29, 1.82) is 0 Å². The zero-order valence-corrected chi connectivity index (χ0v) is 5.70. The molecule has 0 spiro atoms. The third-order valence-corrected chi connectivity index (χ3v) is 1.16. The first kappa shape index (κ1) is 6.95. The van der Waals surface area contributed by atoms with Gasteiger partial charge in [0.15, 0.2) is 0 Å². The van der Waals surface area contributed by atoms with E-state index in [1.807, 2.05) is 0 Å². The third-order valence-electron chi connectivity index (χ3n) is 1.16. The Morgan fingerprint density at radius 3 is 2.70 bits per heavy atom. The number of rotatable bonds is 2. The van der Waals surface area contributed by atoms with E-state index in [9.17, 15) is 0 Å². The molecule has 1 heterocycles. The summed E-state index contributed by atoms with van der Waals surface area (Å²) in [5.41, 5.74) is 0.574. The van der Waals surface area contributed by atoms with Crippen molar-refractivity contribution in [3.8, 4) is 0 Å². The molecule has 0 atom stereocenters. The summed E-state index contributed by atoms with van der Waals surface area (Å²) in [4.78, 5) is 7.83. The van der Waals surface area contributed by atoms with Gasteiger partial charge < -0.3 is 10.4 Å². The second-order valence-corrected chi connectivity index (χ2v) is 1.76. The Labute approximate surface area is 58.9 Å². The number of aliphatic hydroxyl groups excluding tert-OH is 1. The van der Waals surface area contributed by atoms with E-state index in [4.69, 9.17) is 5.11 Å². The van der Waals surface area contributed by atoms with Crippen LogP contribution in [0.5, 0.6) is 0 Å². The maximum Gasteiger partial charge on any atom is 0.149 e. The van der Waals surface area contributed by atoms with Crippen molar-refractivity contribution < 1.29 is 5.11 Å². The van der Waals surface area contributed by atoms with Crippen LogP contribution in [0, 0.1) is 0 Å². The van der Waals surface area contributed by atoms with Crippen LogP contribution in [0.3, 0.4) is 0 Å². The minimum absolute atomic E-state index is 0.0794. The fourth-order valence-electron chi connectivity index (χ4n) is 0.691. The van der Waals surface area contributed by atoms with E-state index in [0.717, 1.165) is 0 Å². The lowest BCUT2D eigenvalue weighted by Gasteiger charge is -2.01. The lowest BCUT2D eigenvalue weighted by Crippen LogP contribution is -2.00. The summed E-state index contributed by atoms with van der Waals surface area (Å²) < 4.78 is 0. The lowest BCUT2D eigenvalue weighted by atomic mass is 10.4. The zero-order chi connectivity index (χ0) is 7.40. The quantitative estimate of drug-likeness (QED) is 0.606. The molecule has 0 amide bonds. The predicted octanol–water partition coefficient (Wildman–Crippen LogP) is 0.0106. The first-order valence-electron chi connectivity index (χ1n) is 2.97. The molecule has 1 aromatic heterocycles. The molecular formula is C6H9N3O. The highest BCUT2D eigenvalue weighted by Crippen LogP contribution is 2.05. The summed E-state index contributed by atoms with van der Waals surface area (Å²) in [6.07, 6.45) is 3.12. The van der Waals surface area contributed by atoms with Crippen LogP contribution in [0.2, 0.25) is 0 Å². The smallest absolute Gasteiger partial charge is 0.149 e. The van der Waals surface area contributed by atoms with Crippen LogP contribution in [-0.4, -0.2) is 22.1 Å². The molecule has 0 aliphatic heterocycles. The van der Waals surface area contributed by atoms with Crippen LogP contribution in [0.25, 0.3) is 0 Å². The molecule has 4 nitrogen and oxygen atoms in total. The molecule has 0 aliphatic rings. The monoisotopic (exact) mass is 139 g/mol. The number of hydrogen-bond donors (Lipinski definition) is 2. The lowest BCUT2D eigenvalue weighted by molar-refractivity contribution is 0.277. The molecule has 0 unspecified atom stereocenters. The SMILES string of the molecule is CNc1nccnc1CO. The van der Waals surface area contributed by atoms with Crippen LogP contribution >= 0.6 is 0 Å². The minimum atomic E-state index is -0.0794. The first-order chi connectivity index (χ1) is 4.88. The highest BCUT2D eigenvalue weighted by Gasteiger charge is 1.98. The predicted molar refractivity (Wildman–Crippen MR) is 37.5 cm³/mol. The maximum atomic E-state index is 8.71. The molecular weight excluding hydrogens is 130 g/mol. The van der Waals surface area contributed by atoms with Crippen LogP contribution in [0.1, 0.15) is 5.69 Å². The molecule has 0 fully saturated rings. The van der Waals surface area contributed by atoms with E-state index in [1.54, 1.807) is 19.4 Å². The second kappa shape index (κ2) is 3.12. The summed E-state index contributed by atoms with van der Waals surface area (Å²) in [5.74, 6) is 0.630. The number of aromatic nitrogens is 2. The van der Waals surface area contributed by atoms with E-state index in [1.165, 1.54) is 0 Å². The standard InChI is InChI=1S/C6H9N3O/c1-7-6-5(4-10)8-2-3-9-6/h2-3,10H,4H2,1H3,(H,7,9). The summed E-state index contributed by atoms with van der Waals surface area (Å²) in [7, 11) is 1.74. The molecule has 2 N–H and O–H groups in total. The van der Waals surface area contributed by atoms with E-state index < -0.39 is 0 Å². The van der Waals surface area contributed by atoms with Crippen LogP contribution in [0.15, 0.2) is 12.4 Å². The topological polar surface area (TPSA) is 58.0 Å². The van der Waals surface area contributed by atoms with Gasteiger partial charge in [-0.1, -0.05) is 0 Å². The highest BCUT2D eigenvalue weighted by molar-refractivity contribution is 5.37. The van der Waals surface area contributed by atoms with Gasteiger partial charge in [-0.25, -0.2) is 4.98 Å². The van der Waals surface area contributed by atoms with Crippen LogP contribution in [0.4, 0.5) is 5.82 Å². The van der Waals surface area contributed by atoms with Gasteiger partial charge in [0.05, 0.1) is 6.61 Å². The van der Waals surface area contributed by atoms with Crippen molar-refractivity contribution in [2.45, 2.75) is 6.61 Å². The largest absolute Gasteiger partial charge is 0.390 e. The molecule has 0 radical (unpaired) electrons. The summed E-state index contributed by atoms with van der Waals surface area (Å²) >= 11 is 0. The molecule has 0 saturated heterocycles. The molecule has 0 aliphatic carbocycles. The Kier molecular flexibility index (Phi) is 2.17. The fourth-order valence-corrected chi connectivity index (χ4v) is 0.691. The Bertz CT molecular complexity index is 191. The van der Waals surface area contributed by atoms with Crippen molar-refractivity contribution in [2.75, 3.05) is 12.4 Å². The van der Waals surface area contributed by atoms with Gasteiger partial charge in [-0.2, -0.15) is 0 Å². The van der Waals surface area contributed by atoms with E-state index in [0.29, 0.717) is 11.5 Å². The summed E-state index contributed by atoms with van der Waals surface area (Å²) in [6, 6.07) is 0. The number of aliphatic hydroxyl groups is 1. The Hall–Kier alpha value is -1.16. The molecule has 0 saturated carbocycles. The number of anilines is 1. The maximum absolute atomic E-state index is 8.71. The molecule has 4 heteroatoms. The molecule has 10 heavy (non-hydrogen) atoms.